The van der Waals surface area contributed by atoms with Crippen LogP contribution in [0.5, 0.6) is 11.5 Å². The van der Waals surface area contributed by atoms with Gasteiger partial charge in [-0.3, -0.25) is 9.69 Å². The molecule has 5 heteroatoms. The molecule has 19 heavy (non-hydrogen) atoms. The molecule has 3 N–H and O–H groups in total. The van der Waals surface area contributed by atoms with Crippen LogP contribution in [0, 0.1) is 0 Å². The van der Waals surface area contributed by atoms with Crippen LogP contribution in [-0.4, -0.2) is 46.7 Å². The van der Waals surface area contributed by atoms with E-state index in [4.69, 9.17) is 0 Å². The van der Waals surface area contributed by atoms with Gasteiger partial charge in [-0.2, -0.15) is 0 Å². The molecule has 1 aromatic carbocycles. The van der Waals surface area contributed by atoms with Crippen LogP contribution < -0.4 is 5.32 Å². The minimum Gasteiger partial charge on any atom is -0.504 e. The van der Waals surface area contributed by atoms with Crippen LogP contribution in [0.1, 0.15) is 30.1 Å². The Bertz CT molecular complexity index is 456. The van der Waals surface area contributed by atoms with Gasteiger partial charge < -0.3 is 15.5 Å². The third kappa shape index (κ3) is 3.38. The average molecular weight is 264 g/mol. The Morgan fingerprint density at radius 1 is 1.32 bits per heavy atom. The molecule has 1 aromatic rings. The van der Waals surface area contributed by atoms with Gasteiger partial charge in [-0.15, -0.1) is 0 Å². The lowest BCUT2D eigenvalue weighted by Gasteiger charge is -2.23. The zero-order chi connectivity index (χ0) is 13.8. The predicted octanol–water partition coefficient (Wildman–Crippen LogP) is 1.31. The van der Waals surface area contributed by atoms with Crippen LogP contribution in [0.15, 0.2) is 18.2 Å². The van der Waals surface area contributed by atoms with E-state index in [0.29, 0.717) is 18.2 Å². The monoisotopic (exact) mass is 264 g/mol. The Kier molecular flexibility index (Phi) is 4.27. The topological polar surface area (TPSA) is 72.8 Å². The Hall–Kier alpha value is -1.75. The highest BCUT2D eigenvalue weighted by atomic mass is 16.3. The van der Waals surface area contributed by atoms with Gasteiger partial charge in [0, 0.05) is 18.2 Å². The summed E-state index contributed by atoms with van der Waals surface area (Å²) in [7, 11) is 0. The van der Waals surface area contributed by atoms with E-state index in [1.807, 2.05) is 0 Å². The van der Waals surface area contributed by atoms with Crippen LogP contribution in [0.25, 0.3) is 0 Å². The molecule has 1 saturated heterocycles. The molecule has 0 bridgehead atoms. The van der Waals surface area contributed by atoms with Crippen LogP contribution in [0.4, 0.5) is 0 Å². The molecule has 1 aliphatic heterocycles. The van der Waals surface area contributed by atoms with E-state index in [-0.39, 0.29) is 17.4 Å². The Morgan fingerprint density at radius 3 is 2.63 bits per heavy atom. The second kappa shape index (κ2) is 5.93. The average Bonchev–Trinajstić information content (AvgIpc) is 2.92. The molecule has 0 radical (unpaired) electrons. The molecular formula is C14H20N2O3. The van der Waals surface area contributed by atoms with Crippen LogP contribution in [0.3, 0.4) is 0 Å². The summed E-state index contributed by atoms with van der Waals surface area (Å²) in [6, 6.07) is 4.39. The molecule has 0 spiro atoms. The Balaban J connectivity index is 1.88. The second-order valence-corrected chi connectivity index (χ2v) is 5.01. The van der Waals surface area contributed by atoms with E-state index in [1.54, 1.807) is 0 Å². The molecule has 1 amide bonds. The summed E-state index contributed by atoms with van der Waals surface area (Å²) in [5.41, 5.74) is 0.351. The number of nitrogens with one attached hydrogen (secondary N) is 1. The number of phenolic OH excluding ortho intramolecular Hbond substituents is 2. The van der Waals surface area contributed by atoms with Gasteiger partial charge in [0.15, 0.2) is 11.5 Å². The van der Waals surface area contributed by atoms with Gasteiger partial charge in [0.25, 0.3) is 5.91 Å². The summed E-state index contributed by atoms with van der Waals surface area (Å²) in [6.07, 6.45) is 2.45. The minimum absolute atomic E-state index is 0.220. The van der Waals surface area contributed by atoms with E-state index >= 15 is 0 Å². The van der Waals surface area contributed by atoms with Gasteiger partial charge in [0.1, 0.15) is 0 Å². The van der Waals surface area contributed by atoms with Gasteiger partial charge in [-0.1, -0.05) is 0 Å². The molecule has 0 aromatic heterocycles. The molecular weight excluding hydrogens is 244 g/mol. The first-order chi connectivity index (χ1) is 9.08. The maximum absolute atomic E-state index is 11.9. The van der Waals surface area contributed by atoms with E-state index < -0.39 is 0 Å². The number of amides is 1. The number of hydrogen-bond acceptors (Lipinski definition) is 4. The number of nitrogens with zero attached hydrogens (tertiary/aromatic N) is 1. The van der Waals surface area contributed by atoms with Gasteiger partial charge in [0.05, 0.1) is 0 Å². The van der Waals surface area contributed by atoms with E-state index in [2.05, 4.69) is 17.1 Å². The molecule has 0 saturated carbocycles. The lowest BCUT2D eigenvalue weighted by atomic mass is 10.2. The predicted molar refractivity (Wildman–Crippen MR) is 72.4 cm³/mol. The van der Waals surface area contributed by atoms with Crippen molar-refractivity contribution in [2.75, 3.05) is 19.6 Å². The lowest BCUT2D eigenvalue weighted by Crippen LogP contribution is -2.40. The number of hydrogen-bond donors (Lipinski definition) is 3. The maximum atomic E-state index is 11.9. The third-order valence-corrected chi connectivity index (χ3v) is 3.56. The summed E-state index contributed by atoms with van der Waals surface area (Å²) in [4.78, 5) is 14.3. The minimum atomic E-state index is -0.278. The van der Waals surface area contributed by atoms with Crippen LogP contribution in [0.2, 0.25) is 0 Å². The fourth-order valence-corrected chi connectivity index (χ4v) is 2.32. The van der Waals surface area contributed by atoms with Crippen molar-refractivity contribution in [2.45, 2.75) is 25.8 Å². The van der Waals surface area contributed by atoms with Crippen LogP contribution >= 0.6 is 0 Å². The quantitative estimate of drug-likeness (QED) is 0.717. The molecule has 1 unspecified atom stereocenters. The van der Waals surface area contributed by atoms with Crippen molar-refractivity contribution < 1.29 is 15.0 Å². The summed E-state index contributed by atoms with van der Waals surface area (Å²) in [5.74, 6) is -0.733. The van der Waals surface area contributed by atoms with E-state index in [0.717, 1.165) is 13.1 Å². The van der Waals surface area contributed by atoms with Crippen molar-refractivity contribution in [2.24, 2.45) is 0 Å². The van der Waals surface area contributed by atoms with Crippen molar-refractivity contribution in [1.29, 1.82) is 0 Å². The van der Waals surface area contributed by atoms with Crippen LogP contribution in [-0.2, 0) is 0 Å². The van der Waals surface area contributed by atoms with Gasteiger partial charge in [-0.25, -0.2) is 0 Å². The van der Waals surface area contributed by atoms with Gasteiger partial charge in [0.2, 0.25) is 0 Å². The molecule has 1 heterocycles. The second-order valence-electron chi connectivity index (χ2n) is 5.01. The zero-order valence-electron chi connectivity index (χ0n) is 11.1. The normalized spacial score (nSPS) is 17.3. The summed E-state index contributed by atoms with van der Waals surface area (Å²) >= 11 is 0. The summed E-state index contributed by atoms with van der Waals surface area (Å²) in [5, 5.41) is 21.4. The molecule has 1 fully saturated rings. The Morgan fingerprint density at radius 2 is 2.00 bits per heavy atom. The number of carbonyl (C=O) groups excluding carboxylic acids is 1. The van der Waals surface area contributed by atoms with Gasteiger partial charge >= 0.3 is 0 Å². The maximum Gasteiger partial charge on any atom is 0.251 e. The first-order valence-electron chi connectivity index (χ1n) is 6.62. The zero-order valence-corrected chi connectivity index (χ0v) is 11.1. The number of aromatic hydroxyl groups is 2. The molecule has 1 atom stereocenters. The van der Waals surface area contributed by atoms with Crippen molar-refractivity contribution in [3.05, 3.63) is 23.8 Å². The molecule has 2 rings (SSSR count). The van der Waals surface area contributed by atoms with Crippen molar-refractivity contribution >= 4 is 5.91 Å². The van der Waals surface area contributed by atoms with E-state index in [1.165, 1.54) is 31.0 Å². The fourth-order valence-electron chi connectivity index (χ4n) is 2.32. The lowest BCUT2D eigenvalue weighted by molar-refractivity contribution is 0.0940. The first kappa shape index (κ1) is 13.7. The number of rotatable bonds is 4. The highest BCUT2D eigenvalue weighted by molar-refractivity contribution is 5.94. The first-order valence-corrected chi connectivity index (χ1v) is 6.62. The molecule has 104 valence electrons. The van der Waals surface area contributed by atoms with Crippen molar-refractivity contribution in [3.63, 3.8) is 0 Å². The molecule has 1 aliphatic rings. The number of carbonyl (C=O) groups is 1. The van der Waals surface area contributed by atoms with Gasteiger partial charge in [-0.05, 0) is 51.1 Å². The SMILES string of the molecule is CC(CNC(=O)c1ccc(O)c(O)c1)N1CCCC1. The number of phenols is 2. The standard InChI is InChI=1S/C14H20N2O3/c1-10(16-6-2-3-7-16)9-15-14(19)11-4-5-12(17)13(18)8-11/h4-5,8,10,17-18H,2-3,6-7,9H2,1H3,(H,15,19). The van der Waals surface area contributed by atoms with E-state index in [9.17, 15) is 15.0 Å². The number of likely N-dealkylation sites (tertiary alicyclic amines) is 1. The Labute approximate surface area is 112 Å². The molecule has 0 aliphatic carbocycles. The highest BCUT2D eigenvalue weighted by Gasteiger charge is 2.18. The van der Waals surface area contributed by atoms with Crippen molar-refractivity contribution in [3.8, 4) is 11.5 Å². The smallest absolute Gasteiger partial charge is 0.251 e. The summed E-state index contributed by atoms with van der Waals surface area (Å²) in [6.45, 7) is 4.87. The van der Waals surface area contributed by atoms with Crippen molar-refractivity contribution in [1.82, 2.24) is 10.2 Å². The highest BCUT2D eigenvalue weighted by Crippen LogP contribution is 2.24. The largest absolute Gasteiger partial charge is 0.504 e. The molecule has 5 nitrogen and oxygen atoms in total. The fraction of sp³-hybridized carbons (Fsp3) is 0.500. The number of benzene rings is 1. The third-order valence-electron chi connectivity index (χ3n) is 3.56. The summed E-state index contributed by atoms with van der Waals surface area (Å²) < 4.78 is 0.